The zero-order chi connectivity index (χ0) is 21.4. The Morgan fingerprint density at radius 1 is 0.767 bits per heavy atom. The highest BCUT2D eigenvalue weighted by Crippen LogP contribution is 2.40. The van der Waals surface area contributed by atoms with Gasteiger partial charge in [-0.15, -0.1) is 0 Å². The molecule has 0 atom stereocenters. The van der Waals surface area contributed by atoms with Crippen molar-refractivity contribution in [2.24, 2.45) is 11.8 Å². The first-order valence-corrected chi connectivity index (χ1v) is 12.3. The minimum Gasteiger partial charge on any atom is -0.167 e. The molecule has 0 spiro atoms. The predicted molar refractivity (Wildman–Crippen MR) is 120 cm³/mol. The number of unbranched alkanes of at least 4 members (excludes halogenated alkanes) is 3. The van der Waals surface area contributed by atoms with Crippen molar-refractivity contribution in [2.75, 3.05) is 0 Å². The quantitative estimate of drug-likeness (QED) is 0.290. The summed E-state index contributed by atoms with van der Waals surface area (Å²) in [5.41, 5.74) is 2.87. The van der Waals surface area contributed by atoms with Gasteiger partial charge < -0.3 is 0 Å². The molecule has 0 amide bonds. The molecule has 0 saturated heterocycles. The molecule has 1 aromatic rings. The van der Waals surface area contributed by atoms with Gasteiger partial charge in [0.05, 0.1) is 0 Å². The largest absolute Gasteiger partial charge is 0.409 e. The molecule has 3 rings (SSSR count). The third-order valence-electron chi connectivity index (χ3n) is 7.52. The smallest absolute Gasteiger partial charge is 0.167 e. The Hall–Kier alpha value is -1.25. The van der Waals surface area contributed by atoms with Crippen LogP contribution in [0.5, 0.6) is 0 Å². The van der Waals surface area contributed by atoms with Gasteiger partial charge >= 0.3 is 6.18 Å². The highest BCUT2D eigenvalue weighted by molar-refractivity contribution is 5.28. The van der Waals surface area contributed by atoms with Gasteiger partial charge in [0, 0.05) is 6.08 Å². The van der Waals surface area contributed by atoms with Crippen molar-refractivity contribution in [1.82, 2.24) is 0 Å². The number of allylic oxidation sites excluding steroid dienone is 2. The Labute approximate surface area is 181 Å². The van der Waals surface area contributed by atoms with Crippen LogP contribution in [-0.2, 0) is 0 Å². The van der Waals surface area contributed by atoms with E-state index in [0.29, 0.717) is 17.9 Å². The summed E-state index contributed by atoms with van der Waals surface area (Å²) in [7, 11) is 0. The minimum absolute atomic E-state index is 0.0827. The Bertz CT molecular complexity index is 627. The van der Waals surface area contributed by atoms with E-state index in [4.69, 9.17) is 0 Å². The van der Waals surface area contributed by atoms with Crippen LogP contribution in [0.1, 0.15) is 113 Å². The SMILES string of the molecule is CCCCCCC1CCC(c2ccc(C3CCC(C=CC(F)(F)F)CC3)cc2)CC1. The lowest BCUT2D eigenvalue weighted by atomic mass is 9.75. The van der Waals surface area contributed by atoms with Crippen LogP contribution < -0.4 is 0 Å². The number of hydrogen-bond donors (Lipinski definition) is 0. The van der Waals surface area contributed by atoms with Gasteiger partial charge in [-0.2, -0.15) is 13.2 Å². The molecular formula is C27H39F3. The molecule has 0 bridgehead atoms. The van der Waals surface area contributed by atoms with Gasteiger partial charge in [0.15, 0.2) is 0 Å². The highest BCUT2D eigenvalue weighted by Gasteiger charge is 2.26. The molecule has 2 saturated carbocycles. The monoisotopic (exact) mass is 420 g/mol. The summed E-state index contributed by atoms with van der Waals surface area (Å²) in [6.07, 6.45) is 13.7. The van der Waals surface area contributed by atoms with E-state index in [1.54, 1.807) is 0 Å². The standard InChI is InChI=1S/C27H39F3/c1-2-3-4-5-6-21-7-11-23(12-8-21)25-15-17-26(18-16-25)24-13-9-22(10-14-24)19-20-27(28,29)30/h15-24H,2-14H2,1H3. The van der Waals surface area contributed by atoms with Crippen LogP contribution in [0.15, 0.2) is 36.4 Å². The second kappa shape index (κ2) is 11.4. The highest BCUT2D eigenvalue weighted by atomic mass is 19.4. The zero-order valence-corrected chi connectivity index (χ0v) is 18.6. The third-order valence-corrected chi connectivity index (χ3v) is 7.52. The van der Waals surface area contributed by atoms with Crippen molar-refractivity contribution in [3.05, 3.63) is 47.5 Å². The maximum atomic E-state index is 12.4. The van der Waals surface area contributed by atoms with Crippen molar-refractivity contribution >= 4 is 0 Å². The molecule has 168 valence electrons. The molecular weight excluding hydrogens is 381 g/mol. The Balaban J connectivity index is 1.42. The number of halogens is 3. The van der Waals surface area contributed by atoms with E-state index in [2.05, 4.69) is 31.2 Å². The molecule has 0 nitrogen and oxygen atoms in total. The van der Waals surface area contributed by atoms with E-state index in [9.17, 15) is 13.2 Å². The maximum absolute atomic E-state index is 12.4. The zero-order valence-electron chi connectivity index (χ0n) is 18.6. The molecule has 2 aliphatic rings. The van der Waals surface area contributed by atoms with Crippen LogP contribution in [0.2, 0.25) is 0 Å². The van der Waals surface area contributed by atoms with E-state index in [1.165, 1.54) is 75.0 Å². The van der Waals surface area contributed by atoms with E-state index in [0.717, 1.165) is 31.6 Å². The van der Waals surface area contributed by atoms with Crippen molar-refractivity contribution in [3.8, 4) is 0 Å². The minimum atomic E-state index is -4.18. The van der Waals surface area contributed by atoms with E-state index in [1.807, 2.05) is 0 Å². The molecule has 1 aromatic carbocycles. The van der Waals surface area contributed by atoms with Gasteiger partial charge in [0.25, 0.3) is 0 Å². The van der Waals surface area contributed by atoms with Crippen LogP contribution in [0.3, 0.4) is 0 Å². The van der Waals surface area contributed by atoms with Crippen LogP contribution in [0.4, 0.5) is 13.2 Å². The second-order valence-electron chi connectivity index (χ2n) is 9.75. The van der Waals surface area contributed by atoms with E-state index in [-0.39, 0.29) is 5.92 Å². The third kappa shape index (κ3) is 7.46. The van der Waals surface area contributed by atoms with Crippen molar-refractivity contribution in [3.63, 3.8) is 0 Å². The molecule has 2 fully saturated rings. The van der Waals surface area contributed by atoms with Crippen molar-refractivity contribution < 1.29 is 13.2 Å². The van der Waals surface area contributed by atoms with Gasteiger partial charge in [-0.05, 0) is 86.2 Å². The first-order valence-electron chi connectivity index (χ1n) is 12.3. The van der Waals surface area contributed by atoms with Crippen LogP contribution in [0.25, 0.3) is 0 Å². The fraction of sp³-hybridized carbons (Fsp3) is 0.704. The molecule has 0 heterocycles. The normalized spacial score (nSPS) is 28.1. The summed E-state index contributed by atoms with van der Waals surface area (Å²) in [5.74, 6) is 2.25. The van der Waals surface area contributed by atoms with Crippen LogP contribution in [0, 0.1) is 11.8 Å². The number of alkyl halides is 3. The Morgan fingerprint density at radius 2 is 1.30 bits per heavy atom. The second-order valence-corrected chi connectivity index (χ2v) is 9.75. The summed E-state index contributed by atoms with van der Waals surface area (Å²) < 4.78 is 37.1. The summed E-state index contributed by atoms with van der Waals surface area (Å²) in [6, 6.07) is 9.25. The predicted octanol–water partition coefficient (Wildman–Crippen LogP) is 9.32. The lowest BCUT2D eigenvalue weighted by molar-refractivity contribution is -0.0803. The summed E-state index contributed by atoms with van der Waals surface area (Å²) >= 11 is 0. The molecule has 0 radical (unpaired) electrons. The fourth-order valence-electron chi connectivity index (χ4n) is 5.57. The van der Waals surface area contributed by atoms with Crippen LogP contribution in [-0.4, -0.2) is 6.18 Å². The number of hydrogen-bond acceptors (Lipinski definition) is 0. The molecule has 0 aliphatic heterocycles. The first-order chi connectivity index (χ1) is 14.4. The van der Waals surface area contributed by atoms with Gasteiger partial charge in [-0.25, -0.2) is 0 Å². The van der Waals surface area contributed by atoms with Crippen molar-refractivity contribution in [2.45, 2.75) is 108 Å². The summed E-state index contributed by atoms with van der Waals surface area (Å²) in [4.78, 5) is 0. The van der Waals surface area contributed by atoms with Crippen LogP contribution >= 0.6 is 0 Å². The van der Waals surface area contributed by atoms with E-state index >= 15 is 0 Å². The lowest BCUT2D eigenvalue weighted by Crippen LogP contribution is -2.14. The number of benzene rings is 1. The van der Waals surface area contributed by atoms with Gasteiger partial charge in [0.1, 0.15) is 0 Å². The molecule has 30 heavy (non-hydrogen) atoms. The van der Waals surface area contributed by atoms with Gasteiger partial charge in [0.2, 0.25) is 0 Å². The molecule has 2 aliphatic carbocycles. The molecule has 0 N–H and O–H groups in total. The molecule has 3 heteroatoms. The Morgan fingerprint density at radius 3 is 1.80 bits per heavy atom. The van der Waals surface area contributed by atoms with Crippen molar-refractivity contribution in [1.29, 1.82) is 0 Å². The van der Waals surface area contributed by atoms with Gasteiger partial charge in [-0.3, -0.25) is 0 Å². The molecule has 0 unspecified atom stereocenters. The van der Waals surface area contributed by atoms with Gasteiger partial charge in [-0.1, -0.05) is 69.4 Å². The average Bonchev–Trinajstić information content (AvgIpc) is 2.76. The number of rotatable bonds is 8. The molecule has 0 aromatic heterocycles. The maximum Gasteiger partial charge on any atom is 0.409 e. The first kappa shape index (κ1) is 23.4. The summed E-state index contributed by atoms with van der Waals surface area (Å²) in [6.45, 7) is 2.28. The van der Waals surface area contributed by atoms with E-state index < -0.39 is 6.18 Å². The Kier molecular flexibility index (Phi) is 8.89. The average molecular weight is 421 g/mol. The topological polar surface area (TPSA) is 0 Å². The fourth-order valence-corrected chi connectivity index (χ4v) is 5.57. The summed E-state index contributed by atoms with van der Waals surface area (Å²) in [5, 5.41) is 0. The lowest BCUT2D eigenvalue weighted by Gasteiger charge is -2.30.